The second-order valence-electron chi connectivity index (χ2n) is 5.44. The van der Waals surface area contributed by atoms with Crippen LogP contribution in [0.15, 0.2) is 42.5 Å². The number of hydrogen-bond donors (Lipinski definition) is 1. The minimum atomic E-state index is 0.847. The molecule has 2 aromatic carbocycles. The topological polar surface area (TPSA) is 37.8 Å². The van der Waals surface area contributed by atoms with Gasteiger partial charge in [-0.25, -0.2) is 9.97 Å². The van der Waals surface area contributed by atoms with Gasteiger partial charge in [0.1, 0.15) is 0 Å². The summed E-state index contributed by atoms with van der Waals surface area (Å²) in [7, 11) is 0. The number of nitrogens with zero attached hydrogens (tertiary/aromatic N) is 2. The van der Waals surface area contributed by atoms with Gasteiger partial charge in [0.2, 0.25) is 0 Å². The Labute approximate surface area is 124 Å². The maximum absolute atomic E-state index is 4.79. The molecule has 104 valence electrons. The molecule has 1 aliphatic heterocycles. The number of aromatic nitrogens is 2. The zero-order valence-electron chi connectivity index (χ0n) is 12.1. The normalized spacial score (nSPS) is 13.6. The monoisotopic (exact) mass is 275 g/mol. The Hall–Kier alpha value is -2.26. The smallest absolute Gasteiger partial charge is 0.159 e. The summed E-state index contributed by atoms with van der Waals surface area (Å²) in [6, 6.07) is 14.8. The van der Waals surface area contributed by atoms with E-state index in [9.17, 15) is 0 Å². The van der Waals surface area contributed by atoms with Crippen molar-refractivity contribution in [2.45, 2.75) is 26.4 Å². The third-order valence-corrected chi connectivity index (χ3v) is 4.12. The lowest BCUT2D eigenvalue weighted by Crippen LogP contribution is -2.02. The van der Waals surface area contributed by atoms with Crippen molar-refractivity contribution in [3.8, 4) is 11.4 Å². The SMILES string of the molecule is CCc1nc(-c2ccc3ccccc3c2)nc2c1CNC2. The highest BCUT2D eigenvalue weighted by atomic mass is 15.0. The minimum Gasteiger partial charge on any atom is -0.307 e. The van der Waals surface area contributed by atoms with Crippen LogP contribution < -0.4 is 5.32 Å². The van der Waals surface area contributed by atoms with E-state index in [1.165, 1.54) is 22.0 Å². The lowest BCUT2D eigenvalue weighted by Gasteiger charge is -2.09. The number of fused-ring (bicyclic) bond motifs is 2. The van der Waals surface area contributed by atoms with Crippen LogP contribution in [0.1, 0.15) is 23.9 Å². The number of nitrogens with one attached hydrogen (secondary N) is 1. The van der Waals surface area contributed by atoms with Crippen molar-refractivity contribution in [3.05, 3.63) is 59.4 Å². The van der Waals surface area contributed by atoms with Crippen LogP contribution in [-0.2, 0) is 19.5 Å². The maximum Gasteiger partial charge on any atom is 0.159 e. The van der Waals surface area contributed by atoms with Crippen molar-refractivity contribution >= 4 is 10.8 Å². The van der Waals surface area contributed by atoms with Gasteiger partial charge in [0, 0.05) is 29.9 Å². The molecule has 2 heterocycles. The Balaban J connectivity index is 1.88. The Morgan fingerprint density at radius 1 is 1.00 bits per heavy atom. The van der Waals surface area contributed by atoms with E-state index in [4.69, 9.17) is 9.97 Å². The summed E-state index contributed by atoms with van der Waals surface area (Å²) >= 11 is 0. The van der Waals surface area contributed by atoms with Crippen LogP contribution in [0.3, 0.4) is 0 Å². The average molecular weight is 275 g/mol. The molecule has 0 saturated carbocycles. The number of benzene rings is 2. The molecule has 3 aromatic rings. The zero-order valence-corrected chi connectivity index (χ0v) is 12.1. The van der Waals surface area contributed by atoms with Gasteiger partial charge in [0.05, 0.1) is 5.69 Å². The molecule has 0 spiro atoms. The van der Waals surface area contributed by atoms with Crippen LogP contribution >= 0.6 is 0 Å². The molecule has 0 fully saturated rings. The Morgan fingerprint density at radius 3 is 2.71 bits per heavy atom. The van der Waals surface area contributed by atoms with Gasteiger partial charge in [-0.1, -0.05) is 43.3 Å². The fraction of sp³-hybridized carbons (Fsp3) is 0.222. The molecule has 1 aliphatic rings. The largest absolute Gasteiger partial charge is 0.307 e. The fourth-order valence-corrected chi connectivity index (χ4v) is 2.99. The molecule has 1 aromatic heterocycles. The highest BCUT2D eigenvalue weighted by Gasteiger charge is 2.18. The molecule has 3 nitrogen and oxygen atoms in total. The molecule has 0 bridgehead atoms. The standard InChI is InChI=1S/C18H17N3/c1-2-16-15-10-19-11-17(15)21-18(20-16)14-8-7-12-5-3-4-6-13(12)9-14/h3-9,19H,2,10-11H2,1H3. The number of hydrogen-bond acceptors (Lipinski definition) is 3. The Morgan fingerprint density at radius 2 is 1.86 bits per heavy atom. The molecule has 1 N–H and O–H groups in total. The van der Waals surface area contributed by atoms with Crippen molar-refractivity contribution < 1.29 is 0 Å². The van der Waals surface area contributed by atoms with Crippen molar-refractivity contribution in [1.29, 1.82) is 0 Å². The maximum atomic E-state index is 4.79. The van der Waals surface area contributed by atoms with E-state index in [0.29, 0.717) is 0 Å². The van der Waals surface area contributed by atoms with Gasteiger partial charge in [-0.15, -0.1) is 0 Å². The average Bonchev–Trinajstić information content (AvgIpc) is 3.02. The van der Waals surface area contributed by atoms with Crippen molar-refractivity contribution in [3.63, 3.8) is 0 Å². The predicted molar refractivity (Wildman–Crippen MR) is 84.9 cm³/mol. The van der Waals surface area contributed by atoms with E-state index >= 15 is 0 Å². The first-order chi connectivity index (χ1) is 10.3. The third-order valence-electron chi connectivity index (χ3n) is 4.12. The summed E-state index contributed by atoms with van der Waals surface area (Å²) in [5, 5.41) is 5.85. The first-order valence-corrected chi connectivity index (χ1v) is 7.43. The van der Waals surface area contributed by atoms with Crippen LogP contribution in [0.25, 0.3) is 22.2 Å². The first-order valence-electron chi connectivity index (χ1n) is 7.43. The fourth-order valence-electron chi connectivity index (χ4n) is 2.99. The van der Waals surface area contributed by atoms with Crippen molar-refractivity contribution in [2.75, 3.05) is 0 Å². The number of rotatable bonds is 2. The first kappa shape index (κ1) is 12.5. The van der Waals surface area contributed by atoms with Crippen molar-refractivity contribution in [1.82, 2.24) is 15.3 Å². The molecule has 0 unspecified atom stereocenters. The van der Waals surface area contributed by atoms with Gasteiger partial charge in [0.15, 0.2) is 5.82 Å². The highest BCUT2D eigenvalue weighted by molar-refractivity contribution is 5.86. The molecule has 0 amide bonds. The summed E-state index contributed by atoms with van der Waals surface area (Å²) in [6.45, 7) is 3.91. The van der Waals surface area contributed by atoms with Crippen LogP contribution in [-0.4, -0.2) is 9.97 Å². The minimum absolute atomic E-state index is 0.847. The van der Waals surface area contributed by atoms with E-state index in [-0.39, 0.29) is 0 Å². The predicted octanol–water partition coefficient (Wildman–Crippen LogP) is 3.46. The summed E-state index contributed by atoms with van der Waals surface area (Å²) in [5.41, 5.74) is 4.72. The van der Waals surface area contributed by atoms with Crippen LogP contribution in [0.4, 0.5) is 0 Å². The van der Waals surface area contributed by atoms with E-state index in [1.807, 2.05) is 0 Å². The summed E-state index contributed by atoms with van der Waals surface area (Å²) < 4.78 is 0. The van der Waals surface area contributed by atoms with Crippen molar-refractivity contribution in [2.24, 2.45) is 0 Å². The molecule has 0 radical (unpaired) electrons. The summed E-state index contributed by atoms with van der Waals surface area (Å²) in [6.07, 6.45) is 0.952. The molecule has 4 rings (SSSR count). The van der Waals surface area contributed by atoms with Crippen LogP contribution in [0.5, 0.6) is 0 Å². The van der Waals surface area contributed by atoms with Gasteiger partial charge < -0.3 is 5.32 Å². The quantitative estimate of drug-likeness (QED) is 0.778. The molecule has 21 heavy (non-hydrogen) atoms. The van der Waals surface area contributed by atoms with Gasteiger partial charge in [-0.2, -0.15) is 0 Å². The molecule has 0 atom stereocenters. The zero-order chi connectivity index (χ0) is 14.2. The molecule has 0 saturated heterocycles. The molecular weight excluding hydrogens is 258 g/mol. The second kappa shape index (κ2) is 4.93. The Bertz CT molecular complexity index is 824. The molecule has 0 aliphatic carbocycles. The van der Waals surface area contributed by atoms with E-state index in [2.05, 4.69) is 54.7 Å². The highest BCUT2D eigenvalue weighted by Crippen LogP contribution is 2.25. The summed E-state index contributed by atoms with van der Waals surface area (Å²) in [4.78, 5) is 9.55. The van der Waals surface area contributed by atoms with Gasteiger partial charge in [-0.3, -0.25) is 0 Å². The Kier molecular flexibility index (Phi) is 2.93. The lowest BCUT2D eigenvalue weighted by molar-refractivity contribution is 0.755. The number of aryl methyl sites for hydroxylation is 1. The second-order valence-corrected chi connectivity index (χ2v) is 5.44. The lowest BCUT2D eigenvalue weighted by atomic mass is 10.1. The van der Waals surface area contributed by atoms with E-state index < -0.39 is 0 Å². The van der Waals surface area contributed by atoms with Gasteiger partial charge in [0.25, 0.3) is 0 Å². The van der Waals surface area contributed by atoms with E-state index in [0.717, 1.165) is 36.6 Å². The third kappa shape index (κ3) is 2.10. The van der Waals surface area contributed by atoms with E-state index in [1.54, 1.807) is 0 Å². The summed E-state index contributed by atoms with van der Waals surface area (Å²) in [5.74, 6) is 0.847. The van der Waals surface area contributed by atoms with Gasteiger partial charge >= 0.3 is 0 Å². The molecular formula is C18H17N3. The molecule has 3 heteroatoms. The van der Waals surface area contributed by atoms with Crippen LogP contribution in [0, 0.1) is 0 Å². The van der Waals surface area contributed by atoms with Crippen LogP contribution in [0.2, 0.25) is 0 Å². The van der Waals surface area contributed by atoms with Gasteiger partial charge in [-0.05, 0) is 23.3 Å².